The molecule has 0 fully saturated rings. The van der Waals surface area contributed by atoms with Gasteiger partial charge < -0.3 is 10.4 Å². The molecule has 0 saturated heterocycles. The largest absolute Gasteiger partial charge is 0.481 e. The lowest BCUT2D eigenvalue weighted by Crippen LogP contribution is -2.23. The summed E-state index contributed by atoms with van der Waals surface area (Å²) in [6, 6.07) is 0. The minimum Gasteiger partial charge on any atom is -0.481 e. The maximum Gasteiger partial charge on any atom is 0.303 e. The summed E-state index contributed by atoms with van der Waals surface area (Å²) in [6.07, 6.45) is 5.66. The number of hydrogen-bond acceptors (Lipinski definition) is 2. The topological polar surface area (TPSA) is 66.4 Å². The fourth-order valence-corrected chi connectivity index (χ4v) is 1.19. The summed E-state index contributed by atoms with van der Waals surface area (Å²) in [6.45, 7) is 4.14. The molecule has 0 aliphatic rings. The molecule has 0 unspecified atom stereocenters. The number of hydrogen-bond donors (Lipinski definition) is 2. The molecule has 15 heavy (non-hydrogen) atoms. The Balaban J connectivity index is 3.14. The first-order chi connectivity index (χ1) is 7.16. The molecule has 0 aliphatic carbocycles. The van der Waals surface area contributed by atoms with Crippen molar-refractivity contribution < 1.29 is 14.7 Å². The standard InChI is InChI=1S/C11H19NO3/c1-2-7-10(13)12-9-6-4-3-5-8-11(14)15/h2H,1,3-9H2,(H,12,13)(H,14,15). The maximum atomic E-state index is 11.0. The summed E-state index contributed by atoms with van der Waals surface area (Å²) in [5.74, 6) is -0.746. The number of carbonyl (C=O) groups is 2. The Morgan fingerprint density at radius 1 is 1.20 bits per heavy atom. The first-order valence-corrected chi connectivity index (χ1v) is 5.26. The minimum absolute atomic E-state index is 0.00413. The summed E-state index contributed by atoms with van der Waals surface area (Å²) in [5, 5.41) is 11.1. The Morgan fingerprint density at radius 3 is 2.47 bits per heavy atom. The van der Waals surface area contributed by atoms with Crippen molar-refractivity contribution >= 4 is 11.9 Å². The van der Waals surface area contributed by atoms with Crippen LogP contribution in [0.15, 0.2) is 12.7 Å². The molecule has 0 atom stereocenters. The molecule has 86 valence electrons. The summed E-state index contributed by atoms with van der Waals surface area (Å²) in [7, 11) is 0. The predicted octanol–water partition coefficient (Wildman–Crippen LogP) is 1.71. The van der Waals surface area contributed by atoms with Gasteiger partial charge in [-0.25, -0.2) is 0 Å². The highest BCUT2D eigenvalue weighted by molar-refractivity contribution is 5.77. The van der Waals surface area contributed by atoms with Crippen molar-refractivity contribution in [3.63, 3.8) is 0 Å². The van der Waals surface area contributed by atoms with E-state index in [1.54, 1.807) is 6.08 Å². The van der Waals surface area contributed by atoms with Gasteiger partial charge in [-0.15, -0.1) is 6.58 Å². The van der Waals surface area contributed by atoms with Gasteiger partial charge in [-0.3, -0.25) is 9.59 Å². The van der Waals surface area contributed by atoms with Crippen molar-refractivity contribution in [1.29, 1.82) is 0 Å². The van der Waals surface area contributed by atoms with Gasteiger partial charge in [-0.2, -0.15) is 0 Å². The number of aliphatic carboxylic acids is 1. The third-order valence-electron chi connectivity index (χ3n) is 1.97. The molecule has 0 aromatic carbocycles. The van der Waals surface area contributed by atoms with Crippen molar-refractivity contribution in [2.45, 2.75) is 38.5 Å². The van der Waals surface area contributed by atoms with E-state index in [0.717, 1.165) is 25.7 Å². The maximum absolute atomic E-state index is 11.0. The summed E-state index contributed by atoms with van der Waals surface area (Å²) < 4.78 is 0. The van der Waals surface area contributed by atoms with Crippen molar-refractivity contribution in [1.82, 2.24) is 5.32 Å². The van der Waals surface area contributed by atoms with Crippen LogP contribution in [0.5, 0.6) is 0 Å². The number of carboxylic acid groups (broad SMARTS) is 1. The smallest absolute Gasteiger partial charge is 0.303 e. The predicted molar refractivity (Wildman–Crippen MR) is 58.5 cm³/mol. The molecular weight excluding hydrogens is 194 g/mol. The molecule has 2 N–H and O–H groups in total. The lowest BCUT2D eigenvalue weighted by atomic mass is 10.1. The third-order valence-corrected chi connectivity index (χ3v) is 1.97. The van der Waals surface area contributed by atoms with Crippen LogP contribution in [0.4, 0.5) is 0 Å². The van der Waals surface area contributed by atoms with Gasteiger partial charge in [0, 0.05) is 19.4 Å². The van der Waals surface area contributed by atoms with Gasteiger partial charge in [-0.05, 0) is 12.8 Å². The summed E-state index contributed by atoms with van der Waals surface area (Å²) >= 11 is 0. The lowest BCUT2D eigenvalue weighted by molar-refractivity contribution is -0.137. The van der Waals surface area contributed by atoms with Crippen LogP contribution in [0.3, 0.4) is 0 Å². The second kappa shape index (κ2) is 9.24. The SMILES string of the molecule is C=CCC(=O)NCCCCCCC(=O)O. The Labute approximate surface area is 90.4 Å². The van der Waals surface area contributed by atoms with Crippen LogP contribution >= 0.6 is 0 Å². The highest BCUT2D eigenvalue weighted by Crippen LogP contribution is 2.02. The van der Waals surface area contributed by atoms with E-state index >= 15 is 0 Å². The Hall–Kier alpha value is -1.32. The van der Waals surface area contributed by atoms with Crippen molar-refractivity contribution in [2.24, 2.45) is 0 Å². The van der Waals surface area contributed by atoms with Crippen LogP contribution in [0.2, 0.25) is 0 Å². The van der Waals surface area contributed by atoms with Crippen LogP contribution in [-0.2, 0) is 9.59 Å². The Morgan fingerprint density at radius 2 is 1.87 bits per heavy atom. The summed E-state index contributed by atoms with van der Waals surface area (Å²) in [5.41, 5.74) is 0. The molecule has 0 aromatic rings. The molecular formula is C11H19NO3. The highest BCUT2D eigenvalue weighted by atomic mass is 16.4. The average Bonchev–Trinajstić information content (AvgIpc) is 2.16. The van der Waals surface area contributed by atoms with Crippen LogP contribution in [-0.4, -0.2) is 23.5 Å². The monoisotopic (exact) mass is 213 g/mol. The van der Waals surface area contributed by atoms with E-state index in [0.29, 0.717) is 13.0 Å². The summed E-state index contributed by atoms with van der Waals surface area (Å²) in [4.78, 5) is 21.1. The van der Waals surface area contributed by atoms with Gasteiger partial charge in [0.2, 0.25) is 5.91 Å². The van der Waals surface area contributed by atoms with E-state index in [1.807, 2.05) is 0 Å². The highest BCUT2D eigenvalue weighted by Gasteiger charge is 1.98. The normalized spacial score (nSPS) is 9.60. The third kappa shape index (κ3) is 10.6. The van der Waals surface area contributed by atoms with Crippen molar-refractivity contribution in [2.75, 3.05) is 6.54 Å². The van der Waals surface area contributed by atoms with E-state index < -0.39 is 5.97 Å². The number of nitrogens with one attached hydrogen (secondary N) is 1. The van der Waals surface area contributed by atoms with Gasteiger partial charge in [0.15, 0.2) is 0 Å². The molecule has 0 heterocycles. The van der Waals surface area contributed by atoms with E-state index in [9.17, 15) is 9.59 Å². The number of amides is 1. The minimum atomic E-state index is -0.741. The van der Waals surface area contributed by atoms with Crippen LogP contribution in [0.1, 0.15) is 38.5 Å². The second-order valence-electron chi connectivity index (χ2n) is 3.40. The molecule has 1 amide bonds. The van der Waals surface area contributed by atoms with Gasteiger partial charge >= 0.3 is 5.97 Å². The molecule has 0 rings (SSSR count). The van der Waals surface area contributed by atoms with Gasteiger partial charge in [0.25, 0.3) is 0 Å². The first kappa shape index (κ1) is 13.7. The van der Waals surface area contributed by atoms with E-state index in [-0.39, 0.29) is 12.3 Å². The Bertz CT molecular complexity index is 214. The van der Waals surface area contributed by atoms with Gasteiger partial charge in [-0.1, -0.05) is 18.9 Å². The fourth-order valence-electron chi connectivity index (χ4n) is 1.19. The van der Waals surface area contributed by atoms with E-state index in [2.05, 4.69) is 11.9 Å². The number of rotatable bonds is 9. The van der Waals surface area contributed by atoms with Crippen LogP contribution < -0.4 is 5.32 Å². The zero-order chi connectivity index (χ0) is 11.5. The van der Waals surface area contributed by atoms with Gasteiger partial charge in [0.05, 0.1) is 0 Å². The van der Waals surface area contributed by atoms with Crippen molar-refractivity contribution in [3.8, 4) is 0 Å². The van der Waals surface area contributed by atoms with Crippen LogP contribution in [0, 0.1) is 0 Å². The molecule has 0 bridgehead atoms. The molecule has 0 aliphatic heterocycles. The quantitative estimate of drug-likeness (QED) is 0.452. The number of carbonyl (C=O) groups excluding carboxylic acids is 1. The molecule has 0 spiro atoms. The Kier molecular flexibility index (Phi) is 8.43. The average molecular weight is 213 g/mol. The molecule has 0 radical (unpaired) electrons. The molecule has 0 aromatic heterocycles. The fraction of sp³-hybridized carbons (Fsp3) is 0.636. The molecule has 4 heteroatoms. The first-order valence-electron chi connectivity index (χ1n) is 5.26. The van der Waals surface area contributed by atoms with E-state index in [1.165, 1.54) is 0 Å². The lowest BCUT2D eigenvalue weighted by Gasteiger charge is -2.02. The van der Waals surface area contributed by atoms with Crippen LogP contribution in [0.25, 0.3) is 0 Å². The van der Waals surface area contributed by atoms with Gasteiger partial charge in [0.1, 0.15) is 0 Å². The van der Waals surface area contributed by atoms with Crippen molar-refractivity contribution in [3.05, 3.63) is 12.7 Å². The number of unbranched alkanes of at least 4 members (excludes halogenated alkanes) is 3. The molecule has 0 saturated carbocycles. The molecule has 4 nitrogen and oxygen atoms in total. The number of carboxylic acids is 1. The zero-order valence-electron chi connectivity index (χ0n) is 9.00. The van der Waals surface area contributed by atoms with E-state index in [4.69, 9.17) is 5.11 Å². The second-order valence-corrected chi connectivity index (χ2v) is 3.40. The zero-order valence-corrected chi connectivity index (χ0v) is 9.00.